The number of hydrogen-bond donors (Lipinski definition) is 2. The van der Waals surface area contributed by atoms with Crippen LogP contribution in [0.1, 0.15) is 18.4 Å². The predicted molar refractivity (Wildman–Crippen MR) is 84.3 cm³/mol. The second-order valence-corrected chi connectivity index (χ2v) is 7.50. The molecule has 4 nitrogen and oxygen atoms in total. The molecular formula is C14H19BrN2O2S. The molecule has 1 aliphatic rings. The predicted octanol–water partition coefficient (Wildman–Crippen LogP) is 2.35. The van der Waals surface area contributed by atoms with Gasteiger partial charge in [-0.2, -0.15) is 0 Å². The number of sulfonamides is 1. The van der Waals surface area contributed by atoms with Crippen LogP contribution in [0.15, 0.2) is 39.2 Å². The van der Waals surface area contributed by atoms with Crippen molar-refractivity contribution in [1.29, 1.82) is 0 Å². The maximum absolute atomic E-state index is 12.2. The first-order chi connectivity index (χ1) is 9.49. The smallest absolute Gasteiger partial charge is 0.240 e. The lowest BCUT2D eigenvalue weighted by Gasteiger charge is -2.14. The van der Waals surface area contributed by atoms with Gasteiger partial charge in [-0.25, -0.2) is 13.1 Å². The molecule has 2 rings (SSSR count). The van der Waals surface area contributed by atoms with E-state index in [2.05, 4.69) is 32.0 Å². The van der Waals surface area contributed by atoms with E-state index in [4.69, 9.17) is 0 Å². The molecule has 1 heterocycles. The zero-order chi connectivity index (χ0) is 14.6. The van der Waals surface area contributed by atoms with Crippen molar-refractivity contribution >= 4 is 26.0 Å². The number of aryl methyl sites for hydroxylation is 1. The largest absolute Gasteiger partial charge is 0.313 e. The molecular weight excluding hydrogens is 340 g/mol. The molecule has 1 aromatic carbocycles. The molecule has 110 valence electrons. The molecule has 6 heteroatoms. The van der Waals surface area contributed by atoms with Crippen LogP contribution < -0.4 is 10.0 Å². The Balaban J connectivity index is 1.96. The third-order valence-corrected chi connectivity index (χ3v) is 5.68. The lowest BCUT2D eigenvalue weighted by Crippen LogP contribution is -2.27. The van der Waals surface area contributed by atoms with Crippen molar-refractivity contribution in [2.24, 2.45) is 0 Å². The van der Waals surface area contributed by atoms with Gasteiger partial charge in [0, 0.05) is 17.6 Å². The molecule has 0 saturated heterocycles. The Hall–Kier alpha value is -0.690. The van der Waals surface area contributed by atoms with Crippen LogP contribution >= 0.6 is 15.9 Å². The number of hydrogen-bond acceptors (Lipinski definition) is 3. The summed E-state index contributed by atoms with van der Waals surface area (Å²) in [4.78, 5) is 0.317. The Kier molecular flexibility index (Phi) is 5.37. The Labute approximate surface area is 128 Å². The third-order valence-electron chi connectivity index (χ3n) is 3.34. The first kappa shape index (κ1) is 15.7. The van der Waals surface area contributed by atoms with Crippen LogP contribution in [0.5, 0.6) is 0 Å². The molecule has 20 heavy (non-hydrogen) atoms. The summed E-state index contributed by atoms with van der Waals surface area (Å²) in [5.74, 6) is 0. The van der Waals surface area contributed by atoms with Crippen LogP contribution in [-0.2, 0) is 10.0 Å². The van der Waals surface area contributed by atoms with E-state index < -0.39 is 10.0 Å². The lowest BCUT2D eigenvalue weighted by atomic mass is 10.1. The minimum atomic E-state index is -3.41. The van der Waals surface area contributed by atoms with E-state index in [9.17, 15) is 8.42 Å². The summed E-state index contributed by atoms with van der Waals surface area (Å²) >= 11 is 3.37. The van der Waals surface area contributed by atoms with Gasteiger partial charge in [0.05, 0.1) is 4.90 Å². The second-order valence-electron chi connectivity index (χ2n) is 4.88. The van der Waals surface area contributed by atoms with Crippen molar-refractivity contribution in [1.82, 2.24) is 10.0 Å². The quantitative estimate of drug-likeness (QED) is 0.794. The van der Waals surface area contributed by atoms with E-state index in [0.29, 0.717) is 11.4 Å². The topological polar surface area (TPSA) is 58.2 Å². The van der Waals surface area contributed by atoms with E-state index in [1.807, 2.05) is 6.92 Å². The fraction of sp³-hybridized carbons (Fsp3) is 0.429. The molecule has 0 spiro atoms. The highest BCUT2D eigenvalue weighted by Gasteiger charge is 2.14. The van der Waals surface area contributed by atoms with Gasteiger partial charge >= 0.3 is 0 Å². The van der Waals surface area contributed by atoms with Crippen LogP contribution in [0.4, 0.5) is 0 Å². The van der Waals surface area contributed by atoms with Crippen molar-refractivity contribution < 1.29 is 8.42 Å². The average Bonchev–Trinajstić information content (AvgIpc) is 2.43. The summed E-state index contributed by atoms with van der Waals surface area (Å²) in [6.45, 7) is 4.19. The van der Waals surface area contributed by atoms with Gasteiger partial charge in [-0.1, -0.05) is 27.6 Å². The molecule has 0 atom stereocenters. The normalized spacial score (nSPS) is 16.0. The maximum atomic E-state index is 12.2. The van der Waals surface area contributed by atoms with Gasteiger partial charge < -0.3 is 5.32 Å². The first-order valence-electron chi connectivity index (χ1n) is 6.63. The number of nitrogens with one attached hydrogen (secondary N) is 2. The molecule has 1 aromatic rings. The average molecular weight is 359 g/mol. The lowest BCUT2D eigenvalue weighted by molar-refractivity contribution is 0.579. The molecule has 1 aliphatic heterocycles. The molecule has 0 aromatic heterocycles. The third kappa shape index (κ3) is 4.15. The summed E-state index contributed by atoms with van der Waals surface area (Å²) in [6.07, 6.45) is 3.91. The fourth-order valence-electron chi connectivity index (χ4n) is 2.11. The molecule has 0 amide bonds. The van der Waals surface area contributed by atoms with Crippen molar-refractivity contribution in [2.75, 3.05) is 19.6 Å². The molecule has 0 radical (unpaired) electrons. The highest BCUT2D eigenvalue weighted by atomic mass is 79.9. The summed E-state index contributed by atoms with van der Waals surface area (Å²) in [5, 5.41) is 3.24. The summed E-state index contributed by atoms with van der Waals surface area (Å²) in [6, 6.07) is 5.05. The van der Waals surface area contributed by atoms with Gasteiger partial charge in [0.15, 0.2) is 0 Å². The zero-order valence-electron chi connectivity index (χ0n) is 11.4. The van der Waals surface area contributed by atoms with Gasteiger partial charge in [0.1, 0.15) is 0 Å². The van der Waals surface area contributed by atoms with Gasteiger partial charge in [0.25, 0.3) is 0 Å². The van der Waals surface area contributed by atoms with Gasteiger partial charge in [0.2, 0.25) is 10.0 Å². The van der Waals surface area contributed by atoms with E-state index in [-0.39, 0.29) is 0 Å². The highest BCUT2D eigenvalue weighted by molar-refractivity contribution is 9.10. The molecule has 0 fully saturated rings. The van der Waals surface area contributed by atoms with E-state index in [1.54, 1.807) is 18.2 Å². The molecule has 0 aliphatic carbocycles. The Morgan fingerprint density at radius 1 is 1.40 bits per heavy atom. The monoisotopic (exact) mass is 358 g/mol. The maximum Gasteiger partial charge on any atom is 0.240 e. The Morgan fingerprint density at radius 3 is 2.85 bits per heavy atom. The second kappa shape index (κ2) is 6.85. The summed E-state index contributed by atoms with van der Waals surface area (Å²) < 4.78 is 27.9. The number of benzene rings is 1. The van der Waals surface area contributed by atoms with Crippen molar-refractivity contribution in [3.8, 4) is 0 Å². The van der Waals surface area contributed by atoms with Crippen molar-refractivity contribution in [3.05, 3.63) is 39.9 Å². The summed E-state index contributed by atoms with van der Waals surface area (Å²) in [7, 11) is -3.41. The van der Waals surface area contributed by atoms with Crippen LogP contribution in [0.3, 0.4) is 0 Å². The van der Waals surface area contributed by atoms with Gasteiger partial charge in [-0.15, -0.1) is 0 Å². The number of rotatable bonds is 5. The van der Waals surface area contributed by atoms with E-state index in [1.165, 1.54) is 5.57 Å². The molecule has 2 N–H and O–H groups in total. The highest BCUT2D eigenvalue weighted by Crippen LogP contribution is 2.20. The Bertz CT molecular complexity index is 612. The molecule has 0 bridgehead atoms. The van der Waals surface area contributed by atoms with Crippen LogP contribution in [0, 0.1) is 6.92 Å². The summed E-state index contributed by atoms with van der Waals surface area (Å²) in [5.41, 5.74) is 2.23. The van der Waals surface area contributed by atoms with Crippen LogP contribution in [-0.4, -0.2) is 28.1 Å². The zero-order valence-corrected chi connectivity index (χ0v) is 13.9. The molecule has 0 unspecified atom stereocenters. The minimum Gasteiger partial charge on any atom is -0.313 e. The first-order valence-corrected chi connectivity index (χ1v) is 8.91. The van der Waals surface area contributed by atoms with E-state index in [0.717, 1.165) is 36.0 Å². The van der Waals surface area contributed by atoms with Crippen molar-refractivity contribution in [2.45, 2.75) is 24.7 Å². The van der Waals surface area contributed by atoms with Crippen LogP contribution in [0.25, 0.3) is 0 Å². The van der Waals surface area contributed by atoms with Crippen molar-refractivity contribution in [3.63, 3.8) is 0 Å². The van der Waals surface area contributed by atoms with Gasteiger partial charge in [-0.3, -0.25) is 0 Å². The van der Waals surface area contributed by atoms with E-state index >= 15 is 0 Å². The van der Waals surface area contributed by atoms with Gasteiger partial charge in [-0.05, 0) is 50.1 Å². The minimum absolute atomic E-state index is 0.317. The molecule has 0 saturated carbocycles. The fourth-order valence-corrected chi connectivity index (χ4v) is 3.47. The van der Waals surface area contributed by atoms with Crippen LogP contribution in [0.2, 0.25) is 0 Å². The standard InChI is InChI=1S/C14H19BrN2O2S/c1-11-10-13(2-3-14(11)15)20(18,19)17-9-6-12-4-7-16-8-5-12/h2-4,10,16-17H,5-9H2,1H3. The SMILES string of the molecule is Cc1cc(S(=O)(=O)NCCC2=CCNCC2)ccc1Br. The Morgan fingerprint density at radius 2 is 2.20 bits per heavy atom. The number of halogens is 1.